The van der Waals surface area contributed by atoms with Crippen molar-refractivity contribution in [3.05, 3.63) is 35.3 Å². The lowest BCUT2D eigenvalue weighted by Crippen LogP contribution is -2.30. The third kappa shape index (κ3) is 4.21. The van der Waals surface area contributed by atoms with Crippen molar-refractivity contribution in [1.82, 2.24) is 10.2 Å². The lowest BCUT2D eigenvalue weighted by molar-refractivity contribution is 0.250. The summed E-state index contributed by atoms with van der Waals surface area (Å²) in [6.07, 6.45) is 8.16. The first kappa shape index (κ1) is 14.9. The van der Waals surface area contributed by atoms with Crippen molar-refractivity contribution >= 4 is 0 Å². The van der Waals surface area contributed by atoms with Crippen LogP contribution in [0.5, 0.6) is 0 Å². The summed E-state index contributed by atoms with van der Waals surface area (Å²) >= 11 is 0. The molecule has 21 heavy (non-hydrogen) atoms. The van der Waals surface area contributed by atoms with Gasteiger partial charge in [-0.05, 0) is 30.7 Å². The number of nitrogens with one attached hydrogen (secondary N) is 1. The van der Waals surface area contributed by atoms with Crippen LogP contribution < -0.4 is 5.32 Å². The van der Waals surface area contributed by atoms with E-state index in [2.05, 4.69) is 43.1 Å². The van der Waals surface area contributed by atoms with E-state index in [1.807, 2.05) is 6.26 Å². The van der Waals surface area contributed by atoms with Gasteiger partial charge in [0.25, 0.3) is 0 Å². The first-order valence-corrected chi connectivity index (χ1v) is 8.22. The van der Waals surface area contributed by atoms with Crippen LogP contribution in [0.25, 0.3) is 0 Å². The molecule has 2 aliphatic rings. The Hall–Kier alpha value is -1.06. The smallest absolute Gasteiger partial charge is 0.118 e. The van der Waals surface area contributed by atoms with Crippen LogP contribution in [0.15, 0.2) is 28.4 Å². The Labute approximate surface area is 128 Å². The molecule has 3 rings (SSSR count). The molecule has 0 spiro atoms. The Bertz CT molecular complexity index is 506. The zero-order valence-corrected chi connectivity index (χ0v) is 13.6. The van der Waals surface area contributed by atoms with E-state index in [9.17, 15) is 0 Å². The zero-order valence-electron chi connectivity index (χ0n) is 13.6. The minimum absolute atomic E-state index is 0.318. The Kier molecular flexibility index (Phi) is 4.23. The van der Waals surface area contributed by atoms with E-state index in [1.165, 1.54) is 24.8 Å². The fourth-order valence-corrected chi connectivity index (χ4v) is 2.91. The first-order chi connectivity index (χ1) is 10.0. The molecule has 0 atom stereocenters. The van der Waals surface area contributed by atoms with Crippen molar-refractivity contribution in [1.29, 1.82) is 0 Å². The SMILES string of the molecule is CC(C)(C)C1=CCN(Cc2cc(CNC3CC3)co2)CC1. The number of hydrogen-bond donors (Lipinski definition) is 1. The molecule has 0 saturated heterocycles. The Morgan fingerprint density at radius 1 is 1.33 bits per heavy atom. The highest BCUT2D eigenvalue weighted by molar-refractivity contribution is 5.16. The van der Waals surface area contributed by atoms with Gasteiger partial charge in [0.1, 0.15) is 5.76 Å². The van der Waals surface area contributed by atoms with E-state index in [4.69, 9.17) is 4.42 Å². The van der Waals surface area contributed by atoms with Gasteiger partial charge in [0.2, 0.25) is 0 Å². The molecule has 0 bridgehead atoms. The summed E-state index contributed by atoms with van der Waals surface area (Å²) in [7, 11) is 0. The van der Waals surface area contributed by atoms with Crippen LogP contribution in [0.3, 0.4) is 0 Å². The van der Waals surface area contributed by atoms with E-state index >= 15 is 0 Å². The van der Waals surface area contributed by atoms with E-state index < -0.39 is 0 Å². The highest BCUT2D eigenvalue weighted by Gasteiger charge is 2.22. The molecular weight excluding hydrogens is 260 g/mol. The molecule has 1 aromatic rings. The Morgan fingerprint density at radius 2 is 2.14 bits per heavy atom. The second kappa shape index (κ2) is 5.98. The Morgan fingerprint density at radius 3 is 2.76 bits per heavy atom. The quantitative estimate of drug-likeness (QED) is 0.837. The minimum Gasteiger partial charge on any atom is -0.468 e. The largest absolute Gasteiger partial charge is 0.468 e. The maximum atomic E-state index is 5.71. The van der Waals surface area contributed by atoms with Gasteiger partial charge in [-0.1, -0.05) is 32.4 Å². The van der Waals surface area contributed by atoms with Gasteiger partial charge < -0.3 is 9.73 Å². The van der Waals surface area contributed by atoms with Crippen molar-refractivity contribution in [2.24, 2.45) is 5.41 Å². The van der Waals surface area contributed by atoms with Crippen molar-refractivity contribution in [2.75, 3.05) is 13.1 Å². The molecule has 1 saturated carbocycles. The van der Waals surface area contributed by atoms with Crippen molar-refractivity contribution in [3.63, 3.8) is 0 Å². The molecule has 0 amide bonds. The molecule has 1 aliphatic heterocycles. The first-order valence-electron chi connectivity index (χ1n) is 8.22. The van der Waals surface area contributed by atoms with Crippen molar-refractivity contribution in [3.8, 4) is 0 Å². The molecule has 1 fully saturated rings. The molecule has 3 heteroatoms. The normalized spacial score (nSPS) is 20.6. The van der Waals surface area contributed by atoms with Gasteiger partial charge in [-0.3, -0.25) is 4.90 Å². The van der Waals surface area contributed by atoms with Gasteiger partial charge in [-0.15, -0.1) is 0 Å². The lowest BCUT2D eigenvalue weighted by Gasteiger charge is -2.31. The topological polar surface area (TPSA) is 28.4 Å². The predicted octanol–water partition coefficient (Wildman–Crippen LogP) is 3.71. The molecule has 116 valence electrons. The molecule has 3 nitrogen and oxygen atoms in total. The maximum absolute atomic E-state index is 5.71. The van der Waals surface area contributed by atoms with Gasteiger partial charge in [-0.2, -0.15) is 0 Å². The van der Waals surface area contributed by atoms with Crippen LogP contribution >= 0.6 is 0 Å². The Balaban J connectivity index is 1.49. The molecule has 0 radical (unpaired) electrons. The maximum Gasteiger partial charge on any atom is 0.118 e. The molecule has 1 aromatic heterocycles. The van der Waals surface area contributed by atoms with E-state index in [0.717, 1.165) is 38.0 Å². The van der Waals surface area contributed by atoms with Gasteiger partial charge >= 0.3 is 0 Å². The number of nitrogens with zero attached hydrogens (tertiary/aromatic N) is 1. The standard InChI is InChI=1S/C18H28N2O/c1-18(2,3)15-6-8-20(9-7-15)12-17-10-14(13-21-17)11-19-16-4-5-16/h6,10,13,16,19H,4-5,7-9,11-12H2,1-3H3. The van der Waals surface area contributed by atoms with E-state index in [1.54, 1.807) is 5.57 Å². The van der Waals surface area contributed by atoms with Crippen LogP contribution in [0.2, 0.25) is 0 Å². The average Bonchev–Trinajstić information content (AvgIpc) is 3.16. The van der Waals surface area contributed by atoms with Gasteiger partial charge in [-0.25, -0.2) is 0 Å². The molecule has 2 heterocycles. The van der Waals surface area contributed by atoms with Crippen LogP contribution in [0, 0.1) is 5.41 Å². The fourth-order valence-electron chi connectivity index (χ4n) is 2.91. The van der Waals surface area contributed by atoms with Crippen LogP contribution in [0.4, 0.5) is 0 Å². The molecule has 1 aliphatic carbocycles. The summed E-state index contributed by atoms with van der Waals surface area (Å²) in [6.45, 7) is 11.0. The van der Waals surface area contributed by atoms with Gasteiger partial charge in [0.05, 0.1) is 12.8 Å². The van der Waals surface area contributed by atoms with Crippen LogP contribution in [-0.4, -0.2) is 24.0 Å². The molecule has 0 aromatic carbocycles. The number of furan rings is 1. The van der Waals surface area contributed by atoms with Crippen LogP contribution in [-0.2, 0) is 13.1 Å². The monoisotopic (exact) mass is 288 g/mol. The third-order valence-electron chi connectivity index (χ3n) is 4.52. The minimum atomic E-state index is 0.318. The summed E-state index contributed by atoms with van der Waals surface area (Å²) in [5.74, 6) is 1.09. The number of hydrogen-bond acceptors (Lipinski definition) is 3. The highest BCUT2D eigenvalue weighted by Crippen LogP contribution is 2.30. The van der Waals surface area contributed by atoms with Crippen molar-refractivity contribution < 1.29 is 4.42 Å². The fraction of sp³-hybridized carbons (Fsp3) is 0.667. The lowest BCUT2D eigenvalue weighted by atomic mass is 9.83. The predicted molar refractivity (Wildman–Crippen MR) is 86.0 cm³/mol. The molecular formula is C18H28N2O. The number of rotatable bonds is 5. The molecule has 0 unspecified atom stereocenters. The highest BCUT2D eigenvalue weighted by atomic mass is 16.3. The summed E-state index contributed by atoms with van der Waals surface area (Å²) < 4.78 is 5.71. The summed E-state index contributed by atoms with van der Waals surface area (Å²) in [4.78, 5) is 2.46. The van der Waals surface area contributed by atoms with Gasteiger partial charge in [0, 0.05) is 31.2 Å². The van der Waals surface area contributed by atoms with Gasteiger partial charge in [0.15, 0.2) is 0 Å². The average molecular weight is 288 g/mol. The summed E-state index contributed by atoms with van der Waals surface area (Å²) in [5, 5.41) is 3.53. The van der Waals surface area contributed by atoms with Crippen molar-refractivity contribution in [2.45, 2.75) is 59.2 Å². The van der Waals surface area contributed by atoms with E-state index in [-0.39, 0.29) is 0 Å². The van der Waals surface area contributed by atoms with Crippen LogP contribution in [0.1, 0.15) is 51.4 Å². The second-order valence-corrected chi connectivity index (χ2v) is 7.54. The van der Waals surface area contributed by atoms with E-state index in [0.29, 0.717) is 5.41 Å². The molecule has 1 N–H and O–H groups in total. The summed E-state index contributed by atoms with van der Waals surface area (Å²) in [6, 6.07) is 2.96. The zero-order chi connectivity index (χ0) is 14.9. The third-order valence-corrected chi connectivity index (χ3v) is 4.52. The second-order valence-electron chi connectivity index (χ2n) is 7.54. The summed E-state index contributed by atoms with van der Waals surface area (Å²) in [5.41, 5.74) is 3.19.